The summed E-state index contributed by atoms with van der Waals surface area (Å²) < 4.78 is 5.10. The van der Waals surface area contributed by atoms with Crippen molar-refractivity contribution in [1.82, 2.24) is 5.32 Å². The minimum atomic E-state index is 0.132. The van der Waals surface area contributed by atoms with Gasteiger partial charge >= 0.3 is 0 Å². The van der Waals surface area contributed by atoms with Crippen molar-refractivity contribution < 1.29 is 9.84 Å². The number of aliphatic hydroxyl groups excluding tert-OH is 1. The molecule has 108 valence electrons. The summed E-state index contributed by atoms with van der Waals surface area (Å²) in [5.41, 5.74) is 8.19. The van der Waals surface area contributed by atoms with E-state index >= 15 is 0 Å². The first-order chi connectivity index (χ1) is 9.24. The number of rotatable bonds is 9. The lowest BCUT2D eigenvalue weighted by Gasteiger charge is -2.24. The van der Waals surface area contributed by atoms with E-state index in [1.807, 2.05) is 0 Å². The van der Waals surface area contributed by atoms with Crippen LogP contribution < -0.4 is 11.1 Å². The molecule has 19 heavy (non-hydrogen) atoms. The molecule has 0 aliphatic carbocycles. The van der Waals surface area contributed by atoms with Crippen molar-refractivity contribution in [3.63, 3.8) is 0 Å². The van der Waals surface area contributed by atoms with Gasteiger partial charge in [-0.3, -0.25) is 0 Å². The highest BCUT2D eigenvalue weighted by Gasteiger charge is 2.14. The van der Waals surface area contributed by atoms with Crippen molar-refractivity contribution >= 4 is 0 Å². The lowest BCUT2D eigenvalue weighted by atomic mass is 10.0. The van der Waals surface area contributed by atoms with Crippen LogP contribution in [0.4, 0.5) is 0 Å². The number of hydrogen-bond donors (Lipinski definition) is 3. The quantitative estimate of drug-likeness (QED) is 0.635. The smallest absolute Gasteiger partial charge is 0.0713 e. The van der Waals surface area contributed by atoms with Crippen molar-refractivity contribution in [1.29, 1.82) is 0 Å². The van der Waals surface area contributed by atoms with Gasteiger partial charge in [-0.1, -0.05) is 31.2 Å². The molecule has 0 heterocycles. The van der Waals surface area contributed by atoms with Gasteiger partial charge < -0.3 is 20.9 Å². The summed E-state index contributed by atoms with van der Waals surface area (Å²) in [6, 6.07) is 8.74. The Labute approximate surface area is 116 Å². The first-order valence-corrected chi connectivity index (χ1v) is 6.89. The third-order valence-corrected chi connectivity index (χ3v) is 3.34. The molecule has 4 N–H and O–H groups in total. The van der Waals surface area contributed by atoms with Gasteiger partial charge in [-0.2, -0.15) is 0 Å². The predicted octanol–water partition coefficient (Wildman–Crippen LogP) is 1.58. The van der Waals surface area contributed by atoms with E-state index < -0.39 is 0 Å². The lowest BCUT2D eigenvalue weighted by molar-refractivity contribution is 0.185. The lowest BCUT2D eigenvalue weighted by Crippen LogP contribution is -2.37. The summed E-state index contributed by atoms with van der Waals surface area (Å²) in [5.74, 6) is 0. The molecule has 1 aromatic rings. The van der Waals surface area contributed by atoms with Crippen LogP contribution in [0, 0.1) is 0 Å². The van der Waals surface area contributed by atoms with E-state index in [4.69, 9.17) is 15.6 Å². The Bertz CT molecular complexity index is 341. The van der Waals surface area contributed by atoms with Crippen molar-refractivity contribution in [2.24, 2.45) is 5.73 Å². The maximum Gasteiger partial charge on any atom is 0.0713 e. The van der Waals surface area contributed by atoms with E-state index in [1.165, 1.54) is 5.56 Å². The number of methoxy groups -OCH3 is 1. The maximum atomic E-state index is 9.03. The standard InChI is InChI=1S/C15H26N2O2/c1-3-14(8-9-18)17-15(10-16)13-6-4-12(5-7-13)11-19-2/h4-7,14-15,17-18H,3,8-11,16H2,1-2H3. The van der Waals surface area contributed by atoms with E-state index in [1.54, 1.807) is 7.11 Å². The van der Waals surface area contributed by atoms with Gasteiger partial charge in [0.15, 0.2) is 0 Å². The van der Waals surface area contributed by atoms with Crippen LogP contribution in [-0.2, 0) is 11.3 Å². The zero-order valence-corrected chi connectivity index (χ0v) is 11.9. The summed E-state index contributed by atoms with van der Waals surface area (Å²) in [4.78, 5) is 0. The third kappa shape index (κ3) is 5.28. The van der Waals surface area contributed by atoms with Crippen LogP contribution in [0.3, 0.4) is 0 Å². The molecule has 0 fully saturated rings. The van der Waals surface area contributed by atoms with E-state index in [0.29, 0.717) is 19.2 Å². The molecule has 0 aliphatic rings. The van der Waals surface area contributed by atoms with Gasteiger partial charge in [-0.05, 0) is 24.0 Å². The topological polar surface area (TPSA) is 67.5 Å². The second kappa shape index (κ2) is 9.04. The Kier molecular flexibility index (Phi) is 7.67. The van der Waals surface area contributed by atoms with Gasteiger partial charge in [0.1, 0.15) is 0 Å². The van der Waals surface area contributed by atoms with Gasteiger partial charge in [0.05, 0.1) is 6.61 Å². The number of nitrogens with one attached hydrogen (secondary N) is 1. The highest BCUT2D eigenvalue weighted by atomic mass is 16.5. The fourth-order valence-corrected chi connectivity index (χ4v) is 2.16. The van der Waals surface area contributed by atoms with Gasteiger partial charge in [-0.25, -0.2) is 0 Å². The normalized spacial score (nSPS) is 14.3. The molecule has 4 heteroatoms. The van der Waals surface area contributed by atoms with Crippen LogP contribution >= 0.6 is 0 Å². The van der Waals surface area contributed by atoms with Crippen LogP contribution in [0.15, 0.2) is 24.3 Å². The zero-order chi connectivity index (χ0) is 14.1. The SMILES string of the molecule is CCC(CCO)NC(CN)c1ccc(COC)cc1. The first kappa shape index (κ1) is 16.1. The minimum absolute atomic E-state index is 0.132. The van der Waals surface area contributed by atoms with E-state index in [0.717, 1.165) is 18.4 Å². The summed E-state index contributed by atoms with van der Waals surface area (Å²) in [6.07, 6.45) is 1.74. The van der Waals surface area contributed by atoms with Crippen LogP contribution in [0.1, 0.15) is 36.9 Å². The van der Waals surface area contributed by atoms with E-state index in [9.17, 15) is 0 Å². The van der Waals surface area contributed by atoms with Gasteiger partial charge in [0.25, 0.3) is 0 Å². The number of ether oxygens (including phenoxy) is 1. The number of hydrogen-bond acceptors (Lipinski definition) is 4. The third-order valence-electron chi connectivity index (χ3n) is 3.34. The molecule has 2 unspecified atom stereocenters. The highest BCUT2D eigenvalue weighted by molar-refractivity contribution is 5.25. The van der Waals surface area contributed by atoms with Crippen molar-refractivity contribution in [2.45, 2.75) is 38.5 Å². The monoisotopic (exact) mass is 266 g/mol. The Morgan fingerprint density at radius 2 is 2.00 bits per heavy atom. The Balaban J connectivity index is 2.67. The zero-order valence-electron chi connectivity index (χ0n) is 11.9. The molecular weight excluding hydrogens is 240 g/mol. The van der Waals surface area contributed by atoms with Gasteiger partial charge in [-0.15, -0.1) is 0 Å². The average Bonchev–Trinajstić information content (AvgIpc) is 2.45. The van der Waals surface area contributed by atoms with Crippen molar-refractivity contribution in [3.8, 4) is 0 Å². The molecule has 0 aromatic heterocycles. The van der Waals surface area contributed by atoms with E-state index in [-0.39, 0.29) is 12.6 Å². The summed E-state index contributed by atoms with van der Waals surface area (Å²) in [7, 11) is 1.69. The highest BCUT2D eigenvalue weighted by Crippen LogP contribution is 2.15. The summed E-state index contributed by atoms with van der Waals surface area (Å²) in [5, 5.41) is 12.5. The van der Waals surface area contributed by atoms with Crippen molar-refractivity contribution in [2.75, 3.05) is 20.3 Å². The molecule has 0 aliphatic heterocycles. The average molecular weight is 266 g/mol. The molecule has 1 aromatic carbocycles. The van der Waals surface area contributed by atoms with Crippen LogP contribution in [-0.4, -0.2) is 31.4 Å². The summed E-state index contributed by atoms with van der Waals surface area (Å²) in [6.45, 7) is 3.49. The van der Waals surface area contributed by atoms with Gasteiger partial charge in [0, 0.05) is 32.3 Å². The molecule has 0 saturated heterocycles. The Hall–Kier alpha value is -0.940. The minimum Gasteiger partial charge on any atom is -0.396 e. The van der Waals surface area contributed by atoms with Crippen LogP contribution in [0.25, 0.3) is 0 Å². The first-order valence-electron chi connectivity index (χ1n) is 6.89. The summed E-state index contributed by atoms with van der Waals surface area (Å²) >= 11 is 0. The fourth-order valence-electron chi connectivity index (χ4n) is 2.16. The largest absolute Gasteiger partial charge is 0.396 e. The molecule has 1 rings (SSSR count). The predicted molar refractivity (Wildman–Crippen MR) is 77.9 cm³/mol. The molecule has 0 bridgehead atoms. The molecule has 0 radical (unpaired) electrons. The van der Waals surface area contributed by atoms with Crippen LogP contribution in [0.5, 0.6) is 0 Å². The Morgan fingerprint density at radius 1 is 1.32 bits per heavy atom. The molecule has 2 atom stereocenters. The number of nitrogens with two attached hydrogens (primary N) is 1. The van der Waals surface area contributed by atoms with Crippen LogP contribution in [0.2, 0.25) is 0 Å². The molecule has 0 saturated carbocycles. The second-order valence-corrected chi connectivity index (χ2v) is 4.75. The number of aliphatic hydroxyl groups is 1. The Morgan fingerprint density at radius 3 is 2.47 bits per heavy atom. The fraction of sp³-hybridized carbons (Fsp3) is 0.600. The molecular formula is C15H26N2O2. The molecule has 4 nitrogen and oxygen atoms in total. The molecule has 0 amide bonds. The van der Waals surface area contributed by atoms with E-state index in [2.05, 4.69) is 36.5 Å². The molecule has 0 spiro atoms. The van der Waals surface area contributed by atoms with Crippen molar-refractivity contribution in [3.05, 3.63) is 35.4 Å². The number of benzene rings is 1. The second-order valence-electron chi connectivity index (χ2n) is 4.75. The van der Waals surface area contributed by atoms with Gasteiger partial charge in [0.2, 0.25) is 0 Å². The maximum absolute atomic E-state index is 9.03.